The zero-order valence-electron chi connectivity index (χ0n) is 14.1. The molecule has 0 fully saturated rings. The van der Waals surface area contributed by atoms with E-state index in [2.05, 4.69) is 5.32 Å². The predicted molar refractivity (Wildman–Crippen MR) is 88.2 cm³/mol. The van der Waals surface area contributed by atoms with E-state index in [4.69, 9.17) is 4.74 Å². The molecule has 0 aliphatic carbocycles. The Balaban J connectivity index is 3.45. The fourth-order valence-corrected chi connectivity index (χ4v) is 1.93. The number of aliphatic hydroxyl groups excluding tert-OH is 1. The molecule has 0 atom stereocenters. The minimum Gasteiger partial charge on any atom is -0.506 e. The summed E-state index contributed by atoms with van der Waals surface area (Å²) in [6.45, 7) is -0.368. The third-order valence-electron chi connectivity index (χ3n) is 3.31. The summed E-state index contributed by atoms with van der Waals surface area (Å²) in [4.78, 5) is 34.6. The number of phenolic OH excluding ortho intramolecular Hbond substituents is 1. The van der Waals surface area contributed by atoms with Gasteiger partial charge in [0.1, 0.15) is 11.8 Å². The second-order valence-electron chi connectivity index (χ2n) is 4.97. The van der Waals surface area contributed by atoms with E-state index in [1.54, 1.807) is 0 Å². The van der Waals surface area contributed by atoms with Gasteiger partial charge >= 0.3 is 5.69 Å². The normalized spacial score (nSPS) is 11.0. The highest BCUT2D eigenvalue weighted by molar-refractivity contribution is 6.04. The molecule has 3 N–H and O–H groups in total. The Morgan fingerprint density at radius 1 is 1.46 bits per heavy atom. The van der Waals surface area contributed by atoms with Crippen molar-refractivity contribution in [2.24, 2.45) is 0 Å². The number of nitriles is 1. The van der Waals surface area contributed by atoms with Crippen LogP contribution in [0.25, 0.3) is 5.76 Å². The van der Waals surface area contributed by atoms with Gasteiger partial charge in [-0.05, 0) is 6.07 Å². The third kappa shape index (κ3) is 4.18. The number of nitro benzene ring substituents is 1. The molecule has 0 aliphatic rings. The Hall–Kier alpha value is -3.81. The number of carbonyl (C=O) groups excluding carboxylic acids is 2. The molecule has 0 radical (unpaired) electrons. The summed E-state index contributed by atoms with van der Waals surface area (Å²) in [6.07, 6.45) is 0. The van der Waals surface area contributed by atoms with Crippen molar-refractivity contribution in [3.05, 3.63) is 33.4 Å². The molecule has 0 bridgehead atoms. The molecule has 1 aromatic rings. The Morgan fingerprint density at radius 3 is 2.54 bits per heavy atom. The number of hydrogen-bond acceptors (Lipinski definition) is 8. The molecular formula is C15H16N4O7. The summed E-state index contributed by atoms with van der Waals surface area (Å²) < 4.78 is 4.80. The minimum absolute atomic E-state index is 0.287. The fraction of sp³-hybridized carbons (Fsp3) is 0.267. The summed E-state index contributed by atoms with van der Waals surface area (Å²) in [6, 6.07) is 3.32. The molecule has 2 amide bonds. The molecule has 11 heteroatoms. The molecule has 1 rings (SSSR count). The zero-order chi connectivity index (χ0) is 20.0. The third-order valence-corrected chi connectivity index (χ3v) is 3.31. The van der Waals surface area contributed by atoms with Crippen LogP contribution < -0.4 is 10.1 Å². The second kappa shape index (κ2) is 8.34. The molecule has 1 aromatic carbocycles. The number of ether oxygens (including phenoxy) is 1. The highest BCUT2D eigenvalue weighted by atomic mass is 16.6. The molecule has 26 heavy (non-hydrogen) atoms. The van der Waals surface area contributed by atoms with Crippen LogP contribution in [-0.4, -0.2) is 59.6 Å². The number of hydrogen-bond donors (Lipinski definition) is 3. The van der Waals surface area contributed by atoms with Gasteiger partial charge in [-0.2, -0.15) is 5.26 Å². The summed E-state index contributed by atoms with van der Waals surface area (Å²) in [5.41, 5.74) is -1.81. The smallest absolute Gasteiger partial charge is 0.315 e. The average molecular weight is 364 g/mol. The first kappa shape index (κ1) is 20.2. The van der Waals surface area contributed by atoms with Crippen molar-refractivity contribution in [2.45, 2.75) is 0 Å². The molecule has 0 heterocycles. The molecule has 138 valence electrons. The van der Waals surface area contributed by atoms with Gasteiger partial charge in [0.15, 0.2) is 11.3 Å². The number of carbonyl (C=O) groups is 2. The monoisotopic (exact) mass is 364 g/mol. The number of methoxy groups -OCH3 is 1. The van der Waals surface area contributed by atoms with Gasteiger partial charge in [0.2, 0.25) is 11.7 Å². The molecule has 0 saturated heterocycles. The number of benzene rings is 1. The van der Waals surface area contributed by atoms with Crippen LogP contribution in [0, 0.1) is 21.4 Å². The number of aliphatic hydroxyl groups is 1. The van der Waals surface area contributed by atoms with Crippen molar-refractivity contribution in [3.8, 4) is 17.6 Å². The first-order valence-corrected chi connectivity index (χ1v) is 7.03. The topological polar surface area (TPSA) is 166 Å². The zero-order valence-corrected chi connectivity index (χ0v) is 14.1. The molecule has 11 nitrogen and oxygen atoms in total. The molecule has 0 aliphatic heterocycles. The largest absolute Gasteiger partial charge is 0.506 e. The predicted octanol–water partition coefficient (Wildman–Crippen LogP) is 0.306. The molecular weight excluding hydrogens is 348 g/mol. The van der Waals surface area contributed by atoms with Gasteiger partial charge in [0.05, 0.1) is 18.6 Å². The van der Waals surface area contributed by atoms with E-state index in [-0.39, 0.29) is 17.9 Å². The van der Waals surface area contributed by atoms with Crippen LogP contribution in [-0.2, 0) is 9.59 Å². The van der Waals surface area contributed by atoms with Gasteiger partial charge in [0.25, 0.3) is 5.91 Å². The summed E-state index contributed by atoms with van der Waals surface area (Å²) in [7, 11) is 3.74. The van der Waals surface area contributed by atoms with E-state index in [0.29, 0.717) is 0 Å². The number of rotatable bonds is 6. The van der Waals surface area contributed by atoms with Crippen molar-refractivity contribution in [1.29, 1.82) is 5.26 Å². The number of aromatic hydroxyl groups is 1. The Bertz CT molecular complexity index is 826. The lowest BCUT2D eigenvalue weighted by Gasteiger charge is -2.16. The summed E-state index contributed by atoms with van der Waals surface area (Å²) in [5, 5.41) is 42.5. The lowest BCUT2D eigenvalue weighted by atomic mass is 10.1. The number of nitrogens with zero attached hydrogens (tertiary/aromatic N) is 3. The van der Waals surface area contributed by atoms with E-state index in [1.165, 1.54) is 20.2 Å². The number of nitro groups is 1. The number of amides is 2. The second-order valence-corrected chi connectivity index (χ2v) is 4.97. The lowest BCUT2D eigenvalue weighted by molar-refractivity contribution is -0.386. The van der Waals surface area contributed by atoms with E-state index >= 15 is 0 Å². The van der Waals surface area contributed by atoms with E-state index < -0.39 is 39.5 Å². The number of nitrogens with one attached hydrogen (secondary N) is 1. The van der Waals surface area contributed by atoms with Gasteiger partial charge in [-0.1, -0.05) is 0 Å². The fourth-order valence-electron chi connectivity index (χ4n) is 1.93. The number of likely N-dealkylation sites (N-methyl/N-ethyl adjacent to an activating group) is 2. The van der Waals surface area contributed by atoms with E-state index in [9.17, 15) is 35.2 Å². The lowest BCUT2D eigenvalue weighted by Crippen LogP contribution is -2.37. The van der Waals surface area contributed by atoms with Crippen LogP contribution >= 0.6 is 0 Å². The maximum atomic E-state index is 12.3. The van der Waals surface area contributed by atoms with E-state index in [0.717, 1.165) is 24.1 Å². The SMILES string of the molecule is CNC(=O)CN(C)C(=O)/C(C#N)=C(\O)c1cc(OC)c(O)c([N+](=O)[O-])c1. The average Bonchev–Trinajstić information content (AvgIpc) is 2.61. The van der Waals surface area contributed by atoms with Crippen LogP contribution in [0.3, 0.4) is 0 Å². The number of phenols is 1. The van der Waals surface area contributed by atoms with Crippen molar-refractivity contribution < 1.29 is 29.5 Å². The van der Waals surface area contributed by atoms with Crippen molar-refractivity contribution >= 4 is 23.3 Å². The highest BCUT2D eigenvalue weighted by Gasteiger charge is 2.26. The van der Waals surface area contributed by atoms with Gasteiger partial charge in [-0.3, -0.25) is 19.7 Å². The van der Waals surface area contributed by atoms with Crippen molar-refractivity contribution in [1.82, 2.24) is 10.2 Å². The van der Waals surface area contributed by atoms with Crippen LogP contribution in [0.5, 0.6) is 11.5 Å². The van der Waals surface area contributed by atoms with E-state index in [1.807, 2.05) is 0 Å². The molecule has 0 spiro atoms. The van der Waals surface area contributed by atoms with Gasteiger partial charge in [-0.15, -0.1) is 0 Å². The highest BCUT2D eigenvalue weighted by Crippen LogP contribution is 2.38. The Kier molecular flexibility index (Phi) is 6.49. The maximum Gasteiger partial charge on any atom is 0.315 e. The molecule has 0 unspecified atom stereocenters. The van der Waals surface area contributed by atoms with Crippen LogP contribution in [0.1, 0.15) is 5.56 Å². The van der Waals surface area contributed by atoms with Crippen LogP contribution in [0.2, 0.25) is 0 Å². The summed E-state index contributed by atoms with van der Waals surface area (Å²) >= 11 is 0. The Morgan fingerprint density at radius 2 is 2.08 bits per heavy atom. The standard InChI is InChI=1S/C15H16N4O7/c1-17-12(20)7-18(2)15(23)9(6-16)13(21)8-4-10(19(24)25)14(22)11(5-8)26-3/h4-5,21-22H,7H2,1-3H3,(H,17,20)/b13-9-. The van der Waals surface area contributed by atoms with Gasteiger partial charge in [0, 0.05) is 25.7 Å². The van der Waals surface area contributed by atoms with Crippen LogP contribution in [0.4, 0.5) is 5.69 Å². The first-order chi connectivity index (χ1) is 12.2. The first-order valence-electron chi connectivity index (χ1n) is 7.03. The van der Waals surface area contributed by atoms with Crippen molar-refractivity contribution in [3.63, 3.8) is 0 Å². The molecule has 0 aromatic heterocycles. The van der Waals surface area contributed by atoms with Crippen molar-refractivity contribution in [2.75, 3.05) is 27.7 Å². The van der Waals surface area contributed by atoms with Gasteiger partial charge < -0.3 is 25.2 Å². The summed E-state index contributed by atoms with van der Waals surface area (Å²) in [5.74, 6) is -3.43. The quantitative estimate of drug-likeness (QED) is 0.213. The molecule has 0 saturated carbocycles. The van der Waals surface area contributed by atoms with Crippen LogP contribution in [0.15, 0.2) is 17.7 Å². The Labute approximate surface area is 147 Å². The van der Waals surface area contributed by atoms with Gasteiger partial charge in [-0.25, -0.2) is 0 Å². The maximum absolute atomic E-state index is 12.3. The minimum atomic E-state index is -0.969.